The van der Waals surface area contributed by atoms with Crippen molar-refractivity contribution in [2.45, 2.75) is 111 Å². The Morgan fingerprint density at radius 2 is 1.10 bits per heavy atom. The van der Waals surface area contributed by atoms with Crippen LogP contribution in [0.4, 0.5) is 11.8 Å². The number of aryl methyl sites for hydroxylation is 2. The van der Waals surface area contributed by atoms with Gasteiger partial charge in [0.25, 0.3) is 11.1 Å². The van der Waals surface area contributed by atoms with E-state index in [-0.39, 0.29) is 34.8 Å². The van der Waals surface area contributed by atoms with E-state index in [4.69, 9.17) is 45.4 Å². The third kappa shape index (κ3) is 12.1. The van der Waals surface area contributed by atoms with Crippen molar-refractivity contribution in [2.24, 2.45) is 21.1 Å². The molecule has 16 atom stereocenters. The summed E-state index contributed by atoms with van der Waals surface area (Å²) in [6.07, 6.45) is -8.29. The summed E-state index contributed by atoms with van der Waals surface area (Å²) in [5.74, 6) is 0.563. The Balaban J connectivity index is 0.000000145. The number of nitrogen functional groups attached to an aromatic ring is 1. The number of nitrogens with one attached hydrogen (secondary N) is 3. The first-order valence-electron chi connectivity index (χ1n) is 25.4. The average Bonchev–Trinajstić information content (AvgIpc) is 4.41. The van der Waals surface area contributed by atoms with E-state index in [0.29, 0.717) is 34.7 Å². The van der Waals surface area contributed by atoms with E-state index < -0.39 is 135 Å². The largest absolute Gasteiger partial charge is 0.394 e. The van der Waals surface area contributed by atoms with Crippen LogP contribution in [0.5, 0.6) is 0 Å². The van der Waals surface area contributed by atoms with Crippen LogP contribution in [0.25, 0.3) is 33.5 Å². The minimum absolute atomic E-state index is 0.0130. The summed E-state index contributed by atoms with van der Waals surface area (Å²) < 4.78 is 29.6. The van der Waals surface area contributed by atoms with Crippen LogP contribution in [0, 0.1) is 5.41 Å². The first kappa shape index (κ1) is 61.7. The first-order valence-corrected chi connectivity index (χ1v) is 25.4. The molecule has 36 heteroatoms. The maximum atomic E-state index is 12.0. The molecule has 0 bridgehead atoms. The SMILES string of the molecule is C=C(C)CCNc1ncnc2c1ncn2[C@@H]1O[C@H](CO)[C@@H](O)[C@H]1O.Cn1c(N)nc2c(ncn2[C@@H]2O[C@H](CO)[C@@H](O)[C@H]2O)c1=O.Cn1cc([C@@H]2O[C@H](CO)[C@@H](O)[C@H]2O)c(=O)[nH]c1=O.Cn1cnc2c(ncn2[C@@H]2O[C@H](CO)[C@@H](O)[C@H]2O)c1=N. The van der Waals surface area contributed by atoms with E-state index in [9.17, 15) is 60.3 Å². The van der Waals surface area contributed by atoms with E-state index in [0.717, 1.165) is 21.1 Å². The lowest BCUT2D eigenvalue weighted by molar-refractivity contribution is -0.0511. The van der Waals surface area contributed by atoms with E-state index in [1.165, 1.54) is 70.2 Å². The van der Waals surface area contributed by atoms with Crippen LogP contribution in [-0.4, -0.2) is 235 Å². The van der Waals surface area contributed by atoms with Gasteiger partial charge in [-0.15, -0.1) is 6.58 Å². The summed E-state index contributed by atoms with van der Waals surface area (Å²) in [7, 11) is 4.58. The highest BCUT2D eigenvalue weighted by molar-refractivity contribution is 5.82. The van der Waals surface area contributed by atoms with Gasteiger partial charge in [-0.2, -0.15) is 4.98 Å². The Kier molecular flexibility index (Phi) is 19.1. The number of aromatic nitrogens is 14. The van der Waals surface area contributed by atoms with Gasteiger partial charge in [0, 0.05) is 33.9 Å². The molecule has 0 amide bonds. The Morgan fingerprint density at radius 1 is 0.627 bits per heavy atom. The number of nitrogens with two attached hydrogens (primary N) is 1. The van der Waals surface area contributed by atoms with Crippen LogP contribution >= 0.6 is 0 Å². The molecule has 4 aliphatic heterocycles. The third-order valence-electron chi connectivity index (χ3n) is 14.1. The second-order valence-corrected chi connectivity index (χ2v) is 19.8. The molecule has 0 aliphatic carbocycles. The number of hydrogen-bond donors (Lipinski definition) is 16. The zero-order valence-corrected chi connectivity index (χ0v) is 44.8. The molecule has 11 rings (SSSR count). The molecule has 17 N–H and O–H groups in total. The monoisotopic (exact) mass is 1170 g/mol. The number of hydrogen-bond acceptors (Lipinski definition) is 29. The Hall–Kier alpha value is -7.37. The molecule has 7 aromatic rings. The summed E-state index contributed by atoms with van der Waals surface area (Å²) in [6, 6.07) is 0. The van der Waals surface area contributed by atoms with Crippen molar-refractivity contribution in [1.29, 1.82) is 5.41 Å². The van der Waals surface area contributed by atoms with Gasteiger partial charge in [0.1, 0.15) is 91.2 Å². The Bertz CT molecular complexity index is 3660. The zero-order valence-electron chi connectivity index (χ0n) is 44.8. The van der Waals surface area contributed by atoms with Crippen molar-refractivity contribution in [3.8, 4) is 0 Å². The number of aliphatic hydroxyl groups is 12. The number of nitrogens with zero attached hydrogens (tertiary/aromatic N) is 13. The van der Waals surface area contributed by atoms with Crippen LogP contribution in [0.3, 0.4) is 0 Å². The summed E-state index contributed by atoms with van der Waals surface area (Å²) in [6.45, 7) is 4.78. The van der Waals surface area contributed by atoms with Gasteiger partial charge in [-0.1, -0.05) is 5.57 Å². The zero-order chi connectivity index (χ0) is 60.5. The standard InChI is InChI=1S/C15H21N5O4.C11H15N5O5.C11H15N5O4.C10H14N2O6/c1-8(2)3-4-16-13-10-14(18-6-17-13)20(7-19-10)15-12(23)11(22)9(5-21)24-15;1-15-9(20)5-8(14-11(15)12)16(3-13-5)10-7(19)6(18)4(2-17)21-10;1-15-3-14-10-6(9(15)12)13-4-16(10)11-8(19)7(18)5(2-17)20-11;1-12-2-4(9(16)11-10(12)17)8-7(15)6(14)5(3-13)18-8/h6-7,9,11-12,15,21-23H,1,3-5H2,2H3,(H,16,17,18);3-4,6-7,10,17-19H,2H2,1H3,(H2,12,14);3-5,7-8,11-12,17-19H,2H2,1H3;2,5-8,13-15H,3H2,1H3,(H,11,16,17)/t9-,11-,12-,15-;4-,6-,7-,10-;5-,7-,8-,11-;5-,6-,7-,8+/m1111/s1. The van der Waals surface area contributed by atoms with Gasteiger partial charge in [-0.25, -0.2) is 34.7 Å². The molecule has 83 heavy (non-hydrogen) atoms. The number of aromatic amines is 1. The normalized spacial score (nSPS) is 29.3. The van der Waals surface area contributed by atoms with Gasteiger partial charge in [-0.05, 0) is 13.3 Å². The third-order valence-corrected chi connectivity index (χ3v) is 14.1. The molecular formula is C47H65N17O19. The van der Waals surface area contributed by atoms with Gasteiger partial charge in [0.15, 0.2) is 58.0 Å². The van der Waals surface area contributed by atoms with Crippen molar-refractivity contribution in [3.05, 3.63) is 92.2 Å². The summed E-state index contributed by atoms with van der Waals surface area (Å²) >= 11 is 0. The molecular weight excluding hydrogens is 1110 g/mol. The van der Waals surface area contributed by atoms with E-state index >= 15 is 0 Å². The number of imidazole rings is 3. The highest BCUT2D eigenvalue weighted by Crippen LogP contribution is 2.35. The predicted octanol–water partition coefficient (Wildman–Crippen LogP) is -7.77. The average molecular weight is 1170 g/mol. The van der Waals surface area contributed by atoms with Crippen LogP contribution in [0.15, 0.2) is 64.4 Å². The molecule has 0 radical (unpaired) electrons. The number of anilines is 2. The molecule has 11 heterocycles. The van der Waals surface area contributed by atoms with Crippen molar-refractivity contribution < 1.29 is 80.2 Å². The van der Waals surface area contributed by atoms with Gasteiger partial charge < -0.3 is 100 Å². The van der Waals surface area contributed by atoms with Crippen LogP contribution in [0.2, 0.25) is 0 Å². The van der Waals surface area contributed by atoms with Gasteiger partial charge in [-0.3, -0.25) is 38.3 Å². The predicted molar refractivity (Wildman–Crippen MR) is 281 cm³/mol. The topological polar surface area (TPSA) is 528 Å². The minimum Gasteiger partial charge on any atom is -0.394 e. The lowest BCUT2D eigenvalue weighted by atomic mass is 10.0. The van der Waals surface area contributed by atoms with Gasteiger partial charge >= 0.3 is 5.69 Å². The first-order chi connectivity index (χ1) is 39.5. The molecule has 0 unspecified atom stereocenters. The number of rotatable bonds is 12. The number of ether oxygens (including phenoxy) is 4. The quantitative estimate of drug-likeness (QED) is 0.0505. The smallest absolute Gasteiger partial charge is 0.328 e. The van der Waals surface area contributed by atoms with Crippen LogP contribution in [-0.2, 0) is 40.1 Å². The van der Waals surface area contributed by atoms with Crippen molar-refractivity contribution in [3.63, 3.8) is 0 Å². The maximum Gasteiger partial charge on any atom is 0.328 e. The molecule has 4 aliphatic rings. The van der Waals surface area contributed by atoms with Gasteiger partial charge in [0.2, 0.25) is 5.95 Å². The van der Waals surface area contributed by atoms with Crippen molar-refractivity contribution >= 4 is 45.3 Å². The molecule has 0 saturated carbocycles. The summed E-state index contributed by atoms with van der Waals surface area (Å²) in [5, 5.41) is 126. The maximum absolute atomic E-state index is 12.0. The summed E-state index contributed by atoms with van der Waals surface area (Å²) in [4.78, 5) is 65.8. The molecule has 4 fully saturated rings. The van der Waals surface area contributed by atoms with Crippen molar-refractivity contribution in [1.82, 2.24) is 67.3 Å². The second kappa shape index (κ2) is 25.6. The van der Waals surface area contributed by atoms with Crippen LogP contribution in [0.1, 0.15) is 43.7 Å². The fourth-order valence-electron chi connectivity index (χ4n) is 9.28. The summed E-state index contributed by atoms with van der Waals surface area (Å²) in [5.41, 5.74) is 7.19. The number of aliphatic hydroxyl groups excluding tert-OH is 12. The minimum atomic E-state index is -1.33. The highest BCUT2D eigenvalue weighted by Gasteiger charge is 2.47. The Labute approximate surface area is 466 Å². The van der Waals surface area contributed by atoms with E-state index in [1.807, 2.05) is 6.92 Å². The number of H-pyrrole nitrogens is 1. The lowest BCUT2D eigenvalue weighted by Gasteiger charge is -2.16. The molecule has 0 aromatic carbocycles. The molecule has 452 valence electrons. The Morgan fingerprint density at radius 3 is 1.59 bits per heavy atom. The van der Waals surface area contributed by atoms with Crippen molar-refractivity contribution in [2.75, 3.05) is 44.0 Å². The molecule has 4 saturated heterocycles. The van der Waals surface area contributed by atoms with Crippen LogP contribution < -0.4 is 33.3 Å². The fraction of sp³-hybridized carbons (Fsp3) is 0.553. The highest BCUT2D eigenvalue weighted by atomic mass is 16.6. The lowest BCUT2D eigenvalue weighted by Crippen LogP contribution is -2.35. The number of fused-ring (bicyclic) bond motifs is 3. The van der Waals surface area contributed by atoms with Gasteiger partial charge in [0.05, 0.1) is 57.3 Å². The fourth-order valence-corrected chi connectivity index (χ4v) is 9.28. The second-order valence-electron chi connectivity index (χ2n) is 19.8. The molecule has 0 spiro atoms. The van der Waals surface area contributed by atoms with E-state index in [2.05, 4.69) is 51.8 Å². The van der Waals surface area contributed by atoms with E-state index in [1.54, 1.807) is 7.05 Å². The molecule has 7 aromatic heterocycles. The molecule has 36 nitrogen and oxygen atoms in total.